The monoisotopic (exact) mass is 251 g/mol. The highest BCUT2D eigenvalue weighted by molar-refractivity contribution is 5.45. The van der Waals surface area contributed by atoms with Crippen molar-refractivity contribution in [2.24, 2.45) is 5.92 Å². The molecule has 6 heteroatoms. The molecule has 98 valence electrons. The van der Waals surface area contributed by atoms with E-state index in [4.69, 9.17) is 4.74 Å². The van der Waals surface area contributed by atoms with Gasteiger partial charge in [-0.3, -0.25) is 10.1 Å². The van der Waals surface area contributed by atoms with E-state index in [0.29, 0.717) is 17.4 Å². The van der Waals surface area contributed by atoms with Crippen molar-refractivity contribution in [1.82, 2.24) is 4.98 Å². The van der Waals surface area contributed by atoms with Crippen LogP contribution < -0.4 is 5.32 Å². The summed E-state index contributed by atoms with van der Waals surface area (Å²) in [6, 6.07) is 3.39. The van der Waals surface area contributed by atoms with Crippen molar-refractivity contribution in [3.05, 3.63) is 27.9 Å². The van der Waals surface area contributed by atoms with Crippen LogP contribution in [0, 0.1) is 23.0 Å². The van der Waals surface area contributed by atoms with Crippen LogP contribution in [0.15, 0.2) is 12.1 Å². The summed E-state index contributed by atoms with van der Waals surface area (Å²) in [5.74, 6) is 1.15. The van der Waals surface area contributed by atoms with Crippen molar-refractivity contribution in [1.29, 1.82) is 0 Å². The van der Waals surface area contributed by atoms with Crippen molar-refractivity contribution in [2.75, 3.05) is 18.5 Å². The van der Waals surface area contributed by atoms with Crippen LogP contribution >= 0.6 is 0 Å². The molecule has 2 rings (SSSR count). The van der Waals surface area contributed by atoms with E-state index in [0.717, 1.165) is 19.6 Å². The highest BCUT2D eigenvalue weighted by atomic mass is 16.6. The third-order valence-corrected chi connectivity index (χ3v) is 3.30. The second-order valence-corrected chi connectivity index (χ2v) is 4.61. The number of anilines is 1. The molecule has 0 amide bonds. The summed E-state index contributed by atoms with van der Waals surface area (Å²) in [6.07, 6.45) is 1.04. The zero-order valence-corrected chi connectivity index (χ0v) is 10.5. The molecule has 0 radical (unpaired) electrons. The molecule has 1 aliphatic heterocycles. The molecular weight excluding hydrogens is 234 g/mol. The number of rotatable bonds is 4. The Morgan fingerprint density at radius 1 is 1.61 bits per heavy atom. The van der Waals surface area contributed by atoms with E-state index < -0.39 is 4.92 Å². The fraction of sp³-hybridized carbons (Fsp3) is 0.583. The number of ether oxygens (including phenoxy) is 1. The quantitative estimate of drug-likeness (QED) is 0.655. The molecular formula is C12H17N3O3. The first kappa shape index (κ1) is 12.8. The maximum Gasteiger partial charge on any atom is 0.290 e. The van der Waals surface area contributed by atoms with Gasteiger partial charge in [-0.15, -0.1) is 0 Å². The lowest BCUT2D eigenvalue weighted by atomic mass is 10.0. The number of aromatic nitrogens is 1. The molecule has 6 nitrogen and oxygen atoms in total. The molecule has 1 aromatic heterocycles. The standard InChI is InChI=1S/C12H17N3O3/c1-8(10-5-6-18-7-10)13-12-4-3-11(15(16)17)9(2)14-12/h3-4,8,10H,5-7H2,1-2H3,(H,13,14). The maximum atomic E-state index is 10.7. The van der Waals surface area contributed by atoms with Gasteiger partial charge < -0.3 is 10.1 Å². The van der Waals surface area contributed by atoms with E-state index in [1.165, 1.54) is 6.07 Å². The van der Waals surface area contributed by atoms with Gasteiger partial charge in [0.1, 0.15) is 11.5 Å². The molecule has 0 bridgehead atoms. The van der Waals surface area contributed by atoms with Gasteiger partial charge in [0.25, 0.3) is 5.69 Å². The first-order chi connectivity index (χ1) is 8.58. The lowest BCUT2D eigenvalue weighted by molar-refractivity contribution is -0.385. The normalized spacial score (nSPS) is 20.7. The largest absolute Gasteiger partial charge is 0.381 e. The predicted molar refractivity (Wildman–Crippen MR) is 67.6 cm³/mol. The van der Waals surface area contributed by atoms with Crippen molar-refractivity contribution in [2.45, 2.75) is 26.3 Å². The van der Waals surface area contributed by atoms with Gasteiger partial charge >= 0.3 is 0 Å². The molecule has 2 heterocycles. The minimum Gasteiger partial charge on any atom is -0.381 e. The molecule has 0 saturated carbocycles. The summed E-state index contributed by atoms with van der Waals surface area (Å²) < 4.78 is 5.34. The number of nitrogens with zero attached hydrogens (tertiary/aromatic N) is 2. The number of nitro groups is 1. The smallest absolute Gasteiger partial charge is 0.290 e. The first-order valence-electron chi connectivity index (χ1n) is 6.04. The van der Waals surface area contributed by atoms with Gasteiger partial charge in [0.05, 0.1) is 11.5 Å². The Morgan fingerprint density at radius 2 is 2.39 bits per heavy atom. The van der Waals surface area contributed by atoms with Crippen molar-refractivity contribution < 1.29 is 9.66 Å². The lowest BCUT2D eigenvalue weighted by Crippen LogP contribution is -2.26. The van der Waals surface area contributed by atoms with Crippen LogP contribution in [0.25, 0.3) is 0 Å². The molecule has 1 fully saturated rings. The number of hydrogen-bond donors (Lipinski definition) is 1. The Labute approximate surface area is 106 Å². The van der Waals surface area contributed by atoms with Gasteiger partial charge in [-0.25, -0.2) is 4.98 Å². The van der Waals surface area contributed by atoms with Gasteiger partial charge in [-0.2, -0.15) is 0 Å². The van der Waals surface area contributed by atoms with Gasteiger partial charge in [0.15, 0.2) is 0 Å². The van der Waals surface area contributed by atoms with Crippen LogP contribution in [-0.4, -0.2) is 29.2 Å². The van der Waals surface area contributed by atoms with Gasteiger partial charge in [-0.05, 0) is 26.3 Å². The van der Waals surface area contributed by atoms with Crippen molar-refractivity contribution in [3.8, 4) is 0 Å². The van der Waals surface area contributed by atoms with Crippen LogP contribution in [0.2, 0.25) is 0 Å². The van der Waals surface area contributed by atoms with E-state index in [1.54, 1.807) is 13.0 Å². The Hall–Kier alpha value is -1.69. The van der Waals surface area contributed by atoms with Crippen molar-refractivity contribution in [3.63, 3.8) is 0 Å². The summed E-state index contributed by atoms with van der Waals surface area (Å²) in [4.78, 5) is 14.5. The van der Waals surface area contributed by atoms with Crippen LogP contribution in [-0.2, 0) is 4.74 Å². The molecule has 2 unspecified atom stereocenters. The van der Waals surface area contributed by atoms with E-state index in [2.05, 4.69) is 17.2 Å². The summed E-state index contributed by atoms with van der Waals surface area (Å²) in [7, 11) is 0. The lowest BCUT2D eigenvalue weighted by Gasteiger charge is -2.19. The fourth-order valence-electron chi connectivity index (χ4n) is 2.13. The highest BCUT2D eigenvalue weighted by Crippen LogP contribution is 2.22. The second kappa shape index (κ2) is 5.30. The molecule has 2 atom stereocenters. The zero-order valence-electron chi connectivity index (χ0n) is 10.5. The Balaban J connectivity index is 2.05. The van der Waals surface area contributed by atoms with E-state index in [9.17, 15) is 10.1 Å². The van der Waals surface area contributed by atoms with E-state index >= 15 is 0 Å². The SMILES string of the molecule is Cc1nc(NC(C)C2CCOC2)ccc1[N+](=O)[O-]. The Kier molecular flexibility index (Phi) is 3.76. The Morgan fingerprint density at radius 3 is 2.94 bits per heavy atom. The molecule has 1 aromatic rings. The van der Waals surface area contributed by atoms with E-state index in [1.807, 2.05) is 0 Å². The van der Waals surface area contributed by atoms with Crippen LogP contribution in [0.4, 0.5) is 11.5 Å². The zero-order chi connectivity index (χ0) is 13.1. The number of hydrogen-bond acceptors (Lipinski definition) is 5. The van der Waals surface area contributed by atoms with Crippen LogP contribution in [0.1, 0.15) is 19.0 Å². The average Bonchev–Trinajstić information content (AvgIpc) is 2.81. The topological polar surface area (TPSA) is 77.3 Å². The summed E-state index contributed by atoms with van der Waals surface area (Å²) in [5, 5.41) is 14.0. The number of pyridine rings is 1. The highest BCUT2D eigenvalue weighted by Gasteiger charge is 2.22. The second-order valence-electron chi connectivity index (χ2n) is 4.61. The van der Waals surface area contributed by atoms with Crippen molar-refractivity contribution >= 4 is 11.5 Å². The molecule has 1 N–H and O–H groups in total. The molecule has 0 aromatic carbocycles. The minimum absolute atomic E-state index is 0.0532. The number of nitrogens with one attached hydrogen (secondary N) is 1. The van der Waals surface area contributed by atoms with Crippen LogP contribution in [0.3, 0.4) is 0 Å². The summed E-state index contributed by atoms with van der Waals surface area (Å²) in [5.41, 5.74) is 0.484. The van der Waals surface area contributed by atoms with Gasteiger partial charge in [-0.1, -0.05) is 0 Å². The summed E-state index contributed by atoms with van der Waals surface area (Å²) >= 11 is 0. The van der Waals surface area contributed by atoms with Gasteiger partial charge in [0, 0.05) is 24.6 Å². The maximum absolute atomic E-state index is 10.7. The molecule has 1 saturated heterocycles. The summed E-state index contributed by atoms with van der Waals surface area (Å²) in [6.45, 7) is 5.30. The van der Waals surface area contributed by atoms with E-state index in [-0.39, 0.29) is 11.7 Å². The first-order valence-corrected chi connectivity index (χ1v) is 6.04. The predicted octanol–water partition coefficient (Wildman–Crippen LogP) is 2.14. The van der Waals surface area contributed by atoms with Crippen LogP contribution in [0.5, 0.6) is 0 Å². The fourth-order valence-corrected chi connectivity index (χ4v) is 2.13. The number of aryl methyl sites for hydroxylation is 1. The molecule has 1 aliphatic rings. The molecule has 0 spiro atoms. The third-order valence-electron chi connectivity index (χ3n) is 3.30. The average molecular weight is 251 g/mol. The minimum atomic E-state index is -0.416. The Bertz CT molecular complexity index is 444. The molecule has 18 heavy (non-hydrogen) atoms. The molecule has 0 aliphatic carbocycles. The van der Waals surface area contributed by atoms with Gasteiger partial charge in [0.2, 0.25) is 0 Å². The third kappa shape index (κ3) is 2.76.